The third kappa shape index (κ3) is 5.21. The van der Waals surface area contributed by atoms with E-state index in [1.54, 1.807) is 26.4 Å². The van der Waals surface area contributed by atoms with Gasteiger partial charge in [0, 0.05) is 18.5 Å². The predicted octanol–water partition coefficient (Wildman–Crippen LogP) is 3.02. The van der Waals surface area contributed by atoms with E-state index in [-0.39, 0.29) is 5.41 Å². The third-order valence-electron chi connectivity index (χ3n) is 5.38. The summed E-state index contributed by atoms with van der Waals surface area (Å²) in [5, 5.41) is 17.1. The molecule has 2 aromatic carbocycles. The van der Waals surface area contributed by atoms with Gasteiger partial charge in [0.05, 0.1) is 26.9 Å². The largest absolute Gasteiger partial charge is 0.493 e. The Labute approximate surface area is 173 Å². The number of nitrogens with one attached hydrogen (secondary N) is 2. The second-order valence-corrected chi connectivity index (χ2v) is 7.35. The molecule has 0 radical (unpaired) electrons. The SMILES string of the molecule is CCNC(=NCC1(c2ccccc2)CC1)NCC(O)c1ccc(OC)c(OC)c1. The number of aliphatic hydroxyl groups is 1. The summed E-state index contributed by atoms with van der Waals surface area (Å²) in [6.07, 6.45) is 1.63. The molecular formula is C23H31N3O3. The molecule has 29 heavy (non-hydrogen) atoms. The van der Waals surface area contributed by atoms with E-state index in [9.17, 15) is 5.11 Å². The first-order chi connectivity index (χ1) is 14.1. The molecule has 1 fully saturated rings. The first-order valence-electron chi connectivity index (χ1n) is 10.1. The maximum atomic E-state index is 10.6. The third-order valence-corrected chi connectivity index (χ3v) is 5.38. The second kappa shape index (κ2) is 9.65. The van der Waals surface area contributed by atoms with Gasteiger partial charge in [0.15, 0.2) is 17.5 Å². The van der Waals surface area contributed by atoms with Gasteiger partial charge in [-0.3, -0.25) is 4.99 Å². The minimum atomic E-state index is -0.692. The smallest absolute Gasteiger partial charge is 0.191 e. The molecule has 1 aliphatic carbocycles. The first-order valence-corrected chi connectivity index (χ1v) is 10.1. The topological polar surface area (TPSA) is 75.1 Å². The number of hydrogen-bond acceptors (Lipinski definition) is 4. The Balaban J connectivity index is 1.63. The molecule has 2 aromatic rings. The van der Waals surface area contributed by atoms with Gasteiger partial charge >= 0.3 is 0 Å². The highest BCUT2D eigenvalue weighted by Gasteiger charge is 2.43. The standard InChI is InChI=1S/C23H31N3O3/c1-4-24-22(26-16-23(12-13-23)18-8-6-5-7-9-18)25-15-19(27)17-10-11-20(28-2)21(14-17)29-3/h5-11,14,19,27H,4,12-13,15-16H2,1-3H3,(H2,24,25,26). The van der Waals surface area contributed by atoms with Gasteiger partial charge in [-0.25, -0.2) is 0 Å². The number of benzene rings is 2. The molecule has 1 saturated carbocycles. The maximum absolute atomic E-state index is 10.6. The number of rotatable bonds is 9. The number of aliphatic hydroxyl groups excluding tert-OH is 1. The van der Waals surface area contributed by atoms with Gasteiger partial charge in [0.2, 0.25) is 0 Å². The van der Waals surface area contributed by atoms with Crippen LogP contribution in [-0.4, -0.2) is 44.9 Å². The van der Waals surface area contributed by atoms with Crippen LogP contribution in [0.3, 0.4) is 0 Å². The van der Waals surface area contributed by atoms with Crippen molar-refractivity contribution in [3.05, 3.63) is 59.7 Å². The zero-order chi connectivity index (χ0) is 20.7. The van der Waals surface area contributed by atoms with Crippen molar-refractivity contribution in [1.29, 1.82) is 0 Å². The van der Waals surface area contributed by atoms with Gasteiger partial charge in [-0.1, -0.05) is 36.4 Å². The number of methoxy groups -OCH3 is 2. The fraction of sp³-hybridized carbons (Fsp3) is 0.435. The second-order valence-electron chi connectivity index (χ2n) is 7.35. The van der Waals surface area contributed by atoms with Crippen molar-refractivity contribution >= 4 is 5.96 Å². The summed E-state index contributed by atoms with van der Waals surface area (Å²) in [6.45, 7) is 3.88. The molecule has 0 aliphatic heterocycles. The molecule has 0 aromatic heterocycles. The highest BCUT2D eigenvalue weighted by molar-refractivity contribution is 5.79. The minimum absolute atomic E-state index is 0.158. The van der Waals surface area contributed by atoms with Crippen molar-refractivity contribution in [1.82, 2.24) is 10.6 Å². The van der Waals surface area contributed by atoms with Gasteiger partial charge in [-0.15, -0.1) is 0 Å². The van der Waals surface area contributed by atoms with Crippen LogP contribution in [0.25, 0.3) is 0 Å². The lowest BCUT2D eigenvalue weighted by Crippen LogP contribution is -2.40. The van der Waals surface area contributed by atoms with E-state index in [4.69, 9.17) is 14.5 Å². The number of ether oxygens (including phenoxy) is 2. The fourth-order valence-electron chi connectivity index (χ4n) is 3.42. The van der Waals surface area contributed by atoms with E-state index in [1.165, 1.54) is 5.56 Å². The molecule has 0 amide bonds. The molecule has 1 unspecified atom stereocenters. The molecule has 6 heteroatoms. The van der Waals surface area contributed by atoms with Crippen molar-refractivity contribution in [3.8, 4) is 11.5 Å². The van der Waals surface area contributed by atoms with Gasteiger partial charge in [-0.05, 0) is 43.0 Å². The zero-order valence-electron chi connectivity index (χ0n) is 17.4. The predicted molar refractivity (Wildman–Crippen MR) is 116 cm³/mol. The van der Waals surface area contributed by atoms with Crippen molar-refractivity contribution in [2.75, 3.05) is 33.9 Å². The van der Waals surface area contributed by atoms with Gasteiger partial charge in [0.1, 0.15) is 0 Å². The van der Waals surface area contributed by atoms with E-state index >= 15 is 0 Å². The van der Waals surface area contributed by atoms with Crippen LogP contribution in [0.2, 0.25) is 0 Å². The van der Waals surface area contributed by atoms with Crippen LogP contribution in [0.5, 0.6) is 11.5 Å². The van der Waals surface area contributed by atoms with Crippen molar-refractivity contribution in [2.45, 2.75) is 31.3 Å². The minimum Gasteiger partial charge on any atom is -0.493 e. The molecule has 3 rings (SSSR count). The summed E-state index contributed by atoms with van der Waals surface area (Å²) >= 11 is 0. The van der Waals surface area contributed by atoms with Gasteiger partial charge < -0.3 is 25.2 Å². The Morgan fingerprint density at radius 3 is 2.41 bits per heavy atom. The molecule has 6 nitrogen and oxygen atoms in total. The van der Waals surface area contributed by atoms with Crippen LogP contribution in [0.15, 0.2) is 53.5 Å². The average Bonchev–Trinajstić information content (AvgIpc) is 3.56. The zero-order valence-corrected chi connectivity index (χ0v) is 17.4. The summed E-state index contributed by atoms with van der Waals surface area (Å²) in [5.41, 5.74) is 2.27. The Morgan fingerprint density at radius 1 is 1.07 bits per heavy atom. The average molecular weight is 398 g/mol. The number of guanidine groups is 1. The highest BCUT2D eigenvalue weighted by atomic mass is 16.5. The molecule has 1 atom stereocenters. The van der Waals surface area contributed by atoms with Crippen LogP contribution in [0, 0.1) is 0 Å². The number of hydrogen-bond donors (Lipinski definition) is 3. The van der Waals surface area contributed by atoms with Crippen molar-refractivity contribution < 1.29 is 14.6 Å². The Kier molecular flexibility index (Phi) is 6.99. The van der Waals surface area contributed by atoms with Crippen LogP contribution in [0.4, 0.5) is 0 Å². The maximum Gasteiger partial charge on any atom is 0.191 e. The Bertz CT molecular complexity index is 819. The van der Waals surface area contributed by atoms with Crippen molar-refractivity contribution in [2.24, 2.45) is 4.99 Å². The normalized spacial score (nSPS) is 16.1. The quantitative estimate of drug-likeness (QED) is 0.448. The summed E-state index contributed by atoms with van der Waals surface area (Å²) in [7, 11) is 3.18. The highest BCUT2D eigenvalue weighted by Crippen LogP contribution is 2.48. The fourth-order valence-corrected chi connectivity index (χ4v) is 3.42. The van der Waals surface area contributed by atoms with E-state index in [1.807, 2.05) is 19.1 Å². The van der Waals surface area contributed by atoms with E-state index in [0.717, 1.165) is 31.5 Å². The first kappa shape index (κ1) is 21.0. The molecule has 1 aliphatic rings. The lowest BCUT2D eigenvalue weighted by atomic mass is 9.96. The summed E-state index contributed by atoms with van der Waals surface area (Å²) in [4.78, 5) is 4.79. The Hall–Kier alpha value is -2.73. The molecule has 3 N–H and O–H groups in total. The van der Waals surface area contributed by atoms with E-state index in [0.29, 0.717) is 24.0 Å². The molecular weight excluding hydrogens is 366 g/mol. The molecule has 0 spiro atoms. The summed E-state index contributed by atoms with van der Waals surface area (Å²) < 4.78 is 10.6. The van der Waals surface area contributed by atoms with Crippen LogP contribution in [0.1, 0.15) is 37.0 Å². The van der Waals surface area contributed by atoms with Crippen LogP contribution < -0.4 is 20.1 Å². The molecule has 0 bridgehead atoms. The van der Waals surface area contributed by atoms with Crippen LogP contribution >= 0.6 is 0 Å². The van der Waals surface area contributed by atoms with Crippen LogP contribution in [-0.2, 0) is 5.41 Å². The molecule has 156 valence electrons. The Morgan fingerprint density at radius 2 is 1.79 bits per heavy atom. The lowest BCUT2D eigenvalue weighted by molar-refractivity contribution is 0.180. The molecule has 0 heterocycles. The molecule has 0 saturated heterocycles. The van der Waals surface area contributed by atoms with E-state index < -0.39 is 6.10 Å². The summed E-state index contributed by atoms with van der Waals surface area (Å²) in [6, 6.07) is 16.0. The lowest BCUT2D eigenvalue weighted by Gasteiger charge is -2.18. The monoisotopic (exact) mass is 397 g/mol. The van der Waals surface area contributed by atoms with Gasteiger partial charge in [0.25, 0.3) is 0 Å². The van der Waals surface area contributed by atoms with E-state index in [2.05, 4.69) is 34.9 Å². The van der Waals surface area contributed by atoms with Crippen molar-refractivity contribution in [3.63, 3.8) is 0 Å². The number of nitrogens with zero attached hydrogens (tertiary/aromatic N) is 1. The summed E-state index contributed by atoms with van der Waals surface area (Å²) in [5.74, 6) is 1.96. The van der Waals surface area contributed by atoms with Gasteiger partial charge in [-0.2, -0.15) is 0 Å². The number of aliphatic imine (C=N–C) groups is 1.